The molecule has 0 radical (unpaired) electrons. The number of rotatable bonds is 5. The Bertz CT molecular complexity index is 717. The van der Waals surface area contributed by atoms with E-state index in [2.05, 4.69) is 4.72 Å². The molecule has 2 aromatic rings. The third-order valence-corrected chi connectivity index (χ3v) is 4.71. The van der Waals surface area contributed by atoms with Crippen molar-refractivity contribution in [3.63, 3.8) is 0 Å². The Balaban J connectivity index is 2.46. The van der Waals surface area contributed by atoms with Gasteiger partial charge in [-0.1, -0.05) is 38.1 Å². The lowest BCUT2D eigenvalue weighted by molar-refractivity contribution is 0.473. The van der Waals surface area contributed by atoms with Gasteiger partial charge >= 0.3 is 0 Å². The van der Waals surface area contributed by atoms with Gasteiger partial charge in [0.25, 0.3) is 10.0 Å². The Morgan fingerprint density at radius 1 is 1.00 bits per heavy atom. The van der Waals surface area contributed by atoms with Gasteiger partial charge in [0.2, 0.25) is 0 Å². The highest BCUT2D eigenvalue weighted by Gasteiger charge is 2.18. The smallest absolute Gasteiger partial charge is 0.262 e. The van der Waals surface area contributed by atoms with Crippen molar-refractivity contribution in [3.05, 3.63) is 53.6 Å². The molecule has 2 N–H and O–H groups in total. The number of phenolic OH excluding ortho intramolecular Hbond substituents is 1. The van der Waals surface area contributed by atoms with E-state index in [4.69, 9.17) is 0 Å². The zero-order chi connectivity index (χ0) is 15.5. The second kappa shape index (κ2) is 6.18. The van der Waals surface area contributed by atoms with Gasteiger partial charge in [0.15, 0.2) is 0 Å². The van der Waals surface area contributed by atoms with Crippen molar-refractivity contribution in [2.24, 2.45) is 0 Å². The van der Waals surface area contributed by atoms with Gasteiger partial charge in [-0.2, -0.15) is 0 Å². The van der Waals surface area contributed by atoms with E-state index in [0.717, 1.165) is 24.0 Å². The number of phenols is 1. The summed E-state index contributed by atoms with van der Waals surface area (Å²) >= 11 is 0. The van der Waals surface area contributed by atoms with Gasteiger partial charge < -0.3 is 5.11 Å². The summed E-state index contributed by atoms with van der Waals surface area (Å²) in [6, 6.07) is 11.4. The van der Waals surface area contributed by atoms with Gasteiger partial charge in [0.05, 0.1) is 10.6 Å². The third kappa shape index (κ3) is 3.36. The van der Waals surface area contributed by atoms with Crippen LogP contribution in [0.15, 0.2) is 47.4 Å². The highest BCUT2D eigenvalue weighted by molar-refractivity contribution is 7.92. The molecule has 0 saturated heterocycles. The largest absolute Gasteiger partial charge is 0.508 e. The monoisotopic (exact) mass is 305 g/mol. The molecule has 0 aromatic heterocycles. The second-order valence-electron chi connectivity index (χ2n) is 4.76. The zero-order valence-electron chi connectivity index (χ0n) is 12.1. The van der Waals surface area contributed by atoms with Gasteiger partial charge in [-0.15, -0.1) is 0 Å². The molecule has 4 nitrogen and oxygen atoms in total. The molecule has 0 aliphatic carbocycles. The van der Waals surface area contributed by atoms with Crippen LogP contribution in [0.25, 0.3) is 0 Å². The van der Waals surface area contributed by atoms with Gasteiger partial charge in [-0.25, -0.2) is 8.42 Å². The quantitative estimate of drug-likeness (QED) is 0.890. The molecule has 0 saturated carbocycles. The van der Waals surface area contributed by atoms with Crippen LogP contribution in [0, 0.1) is 0 Å². The topological polar surface area (TPSA) is 66.4 Å². The number of aryl methyl sites for hydroxylation is 2. The van der Waals surface area contributed by atoms with Crippen LogP contribution in [0.3, 0.4) is 0 Å². The number of anilines is 1. The molecular weight excluding hydrogens is 286 g/mol. The predicted molar refractivity (Wildman–Crippen MR) is 84.1 cm³/mol. The van der Waals surface area contributed by atoms with Crippen LogP contribution in [0.2, 0.25) is 0 Å². The summed E-state index contributed by atoms with van der Waals surface area (Å²) in [6.45, 7) is 3.97. The summed E-state index contributed by atoms with van der Waals surface area (Å²) in [6.07, 6.45) is 1.48. The average molecular weight is 305 g/mol. The van der Waals surface area contributed by atoms with Crippen LogP contribution < -0.4 is 4.72 Å². The lowest BCUT2D eigenvalue weighted by atomic mass is 10.0. The number of nitrogens with one attached hydrogen (secondary N) is 1. The first kappa shape index (κ1) is 15.4. The maximum Gasteiger partial charge on any atom is 0.262 e. The van der Waals surface area contributed by atoms with Crippen molar-refractivity contribution in [3.8, 4) is 5.75 Å². The Morgan fingerprint density at radius 3 is 2.10 bits per heavy atom. The van der Waals surface area contributed by atoms with Gasteiger partial charge in [0.1, 0.15) is 5.75 Å². The number of hydrogen-bond acceptors (Lipinski definition) is 3. The van der Waals surface area contributed by atoms with Crippen molar-refractivity contribution < 1.29 is 13.5 Å². The summed E-state index contributed by atoms with van der Waals surface area (Å²) in [5, 5.41) is 9.45. The Morgan fingerprint density at radius 2 is 1.57 bits per heavy atom. The summed E-state index contributed by atoms with van der Waals surface area (Å²) in [5.74, 6) is -0.0719. The first-order chi connectivity index (χ1) is 9.97. The molecule has 0 heterocycles. The first-order valence-electron chi connectivity index (χ1n) is 6.90. The summed E-state index contributed by atoms with van der Waals surface area (Å²) < 4.78 is 27.6. The molecular formula is C16H19NO3S. The average Bonchev–Trinajstić information content (AvgIpc) is 2.47. The molecule has 21 heavy (non-hydrogen) atoms. The normalized spacial score (nSPS) is 11.3. The van der Waals surface area contributed by atoms with Crippen molar-refractivity contribution >= 4 is 15.7 Å². The molecule has 2 aromatic carbocycles. The Hall–Kier alpha value is -2.01. The first-order valence-corrected chi connectivity index (χ1v) is 8.39. The highest BCUT2D eigenvalue weighted by Crippen LogP contribution is 2.26. The highest BCUT2D eigenvalue weighted by atomic mass is 32.2. The molecule has 0 bridgehead atoms. The lowest BCUT2D eigenvalue weighted by Crippen LogP contribution is -2.15. The number of para-hydroxylation sites is 1. The van der Waals surface area contributed by atoms with Crippen molar-refractivity contribution in [2.75, 3.05) is 4.72 Å². The molecule has 2 rings (SSSR count). The van der Waals surface area contributed by atoms with E-state index in [1.54, 1.807) is 0 Å². The standard InChI is InChI=1S/C16H19NO3S/c1-3-12-7-5-8-13(4-2)16(12)17-21(19,20)15-10-6-9-14(18)11-15/h5-11,17-18H,3-4H2,1-2H3. The molecule has 0 unspecified atom stereocenters. The van der Waals surface area contributed by atoms with E-state index < -0.39 is 10.0 Å². The minimum atomic E-state index is -3.71. The van der Waals surface area contributed by atoms with Crippen LogP contribution in [-0.4, -0.2) is 13.5 Å². The fourth-order valence-corrected chi connectivity index (χ4v) is 3.40. The maximum atomic E-state index is 12.5. The van der Waals surface area contributed by atoms with E-state index >= 15 is 0 Å². The fourth-order valence-electron chi connectivity index (χ4n) is 2.22. The van der Waals surface area contributed by atoms with Crippen molar-refractivity contribution in [1.82, 2.24) is 0 Å². The van der Waals surface area contributed by atoms with Gasteiger partial charge in [-0.3, -0.25) is 4.72 Å². The summed E-state index contributed by atoms with van der Waals surface area (Å²) in [7, 11) is -3.71. The maximum absolute atomic E-state index is 12.5. The molecule has 112 valence electrons. The van der Waals surface area contributed by atoms with E-state index in [0.29, 0.717) is 5.69 Å². The van der Waals surface area contributed by atoms with Crippen molar-refractivity contribution in [1.29, 1.82) is 0 Å². The molecule has 0 atom stereocenters. The van der Waals surface area contributed by atoms with Crippen LogP contribution in [0.5, 0.6) is 5.75 Å². The fraction of sp³-hybridized carbons (Fsp3) is 0.250. The Kier molecular flexibility index (Phi) is 4.53. The van der Waals surface area contributed by atoms with E-state index in [-0.39, 0.29) is 10.6 Å². The predicted octanol–water partition coefficient (Wildman–Crippen LogP) is 3.32. The van der Waals surface area contributed by atoms with E-state index in [9.17, 15) is 13.5 Å². The third-order valence-electron chi connectivity index (χ3n) is 3.36. The van der Waals surface area contributed by atoms with Crippen LogP contribution in [0.4, 0.5) is 5.69 Å². The minimum absolute atomic E-state index is 0.0514. The zero-order valence-corrected chi connectivity index (χ0v) is 12.9. The molecule has 0 fully saturated rings. The lowest BCUT2D eigenvalue weighted by Gasteiger charge is -2.15. The molecule has 0 aliphatic heterocycles. The Labute approximate surface area is 125 Å². The van der Waals surface area contributed by atoms with E-state index in [1.165, 1.54) is 24.3 Å². The van der Waals surface area contributed by atoms with E-state index in [1.807, 2.05) is 32.0 Å². The molecule has 0 spiro atoms. The van der Waals surface area contributed by atoms with Crippen LogP contribution >= 0.6 is 0 Å². The van der Waals surface area contributed by atoms with Crippen LogP contribution in [-0.2, 0) is 22.9 Å². The summed E-state index contributed by atoms with van der Waals surface area (Å²) in [4.78, 5) is 0.0514. The molecule has 5 heteroatoms. The number of aromatic hydroxyl groups is 1. The van der Waals surface area contributed by atoms with Crippen LogP contribution in [0.1, 0.15) is 25.0 Å². The number of benzene rings is 2. The molecule has 0 amide bonds. The number of hydrogen-bond donors (Lipinski definition) is 2. The SMILES string of the molecule is CCc1cccc(CC)c1NS(=O)(=O)c1cccc(O)c1. The van der Waals surface area contributed by atoms with Crippen molar-refractivity contribution in [2.45, 2.75) is 31.6 Å². The molecule has 0 aliphatic rings. The second-order valence-corrected chi connectivity index (χ2v) is 6.44. The van der Waals surface area contributed by atoms with Gasteiger partial charge in [-0.05, 0) is 36.1 Å². The summed E-state index contributed by atoms with van der Waals surface area (Å²) in [5.41, 5.74) is 2.56. The van der Waals surface area contributed by atoms with Gasteiger partial charge in [0, 0.05) is 6.07 Å². The number of sulfonamides is 1. The minimum Gasteiger partial charge on any atom is -0.508 e.